The smallest absolute Gasteiger partial charge is 0.318 e. The van der Waals surface area contributed by atoms with E-state index in [4.69, 9.17) is 0 Å². The van der Waals surface area contributed by atoms with E-state index in [0.29, 0.717) is 48.7 Å². The molecular formula is C50H74N10O8. The molecule has 4 fully saturated rings. The van der Waals surface area contributed by atoms with Crippen molar-refractivity contribution in [3.63, 3.8) is 0 Å². The van der Waals surface area contributed by atoms with Crippen LogP contribution in [-0.4, -0.2) is 153 Å². The van der Waals surface area contributed by atoms with E-state index in [1.807, 2.05) is 65.8 Å². The van der Waals surface area contributed by atoms with Gasteiger partial charge in [-0.1, -0.05) is 24.3 Å². The van der Waals surface area contributed by atoms with Crippen molar-refractivity contribution < 1.29 is 29.4 Å². The number of allylic oxidation sites excluding steroid dienone is 2. The van der Waals surface area contributed by atoms with E-state index in [1.165, 1.54) is 25.7 Å². The Bertz CT molecular complexity index is 2150. The van der Waals surface area contributed by atoms with Gasteiger partial charge in [0.1, 0.15) is 12.1 Å². The van der Waals surface area contributed by atoms with Crippen LogP contribution in [0.25, 0.3) is 12.2 Å². The van der Waals surface area contributed by atoms with Crippen molar-refractivity contribution in [1.29, 1.82) is 0 Å². The summed E-state index contributed by atoms with van der Waals surface area (Å²) in [4.78, 5) is 87.4. The number of aromatic nitrogens is 2. The van der Waals surface area contributed by atoms with Gasteiger partial charge in [0.15, 0.2) is 0 Å². The highest BCUT2D eigenvalue weighted by atomic mass is 16.3. The van der Waals surface area contributed by atoms with Gasteiger partial charge >= 0.3 is 12.1 Å². The number of nitrogens with one attached hydrogen (secondary N) is 4. The van der Waals surface area contributed by atoms with Gasteiger partial charge in [-0.15, -0.1) is 0 Å². The van der Waals surface area contributed by atoms with Crippen molar-refractivity contribution >= 4 is 36.0 Å². The van der Waals surface area contributed by atoms with Crippen molar-refractivity contribution in [2.24, 2.45) is 23.7 Å². The van der Waals surface area contributed by atoms with Crippen LogP contribution in [0, 0.1) is 23.7 Å². The molecule has 68 heavy (non-hydrogen) atoms. The summed E-state index contributed by atoms with van der Waals surface area (Å²) >= 11 is 0. The number of amides is 6. The minimum absolute atomic E-state index is 0.112. The topological polar surface area (TPSA) is 214 Å². The number of aliphatic hydroxyl groups excluding tert-OH is 2. The number of hydrogen-bond acceptors (Lipinski definition) is 10. The van der Waals surface area contributed by atoms with E-state index >= 15 is 0 Å². The van der Waals surface area contributed by atoms with Crippen molar-refractivity contribution in [2.45, 2.75) is 117 Å². The molecule has 0 aromatic carbocycles. The van der Waals surface area contributed by atoms with Crippen molar-refractivity contribution in [2.75, 3.05) is 65.6 Å². The van der Waals surface area contributed by atoms with E-state index in [9.17, 15) is 39.0 Å². The molecule has 8 atom stereocenters. The van der Waals surface area contributed by atoms with Crippen LogP contribution < -0.4 is 32.4 Å². The van der Waals surface area contributed by atoms with Gasteiger partial charge in [0.2, 0.25) is 11.8 Å². The molecule has 4 saturated heterocycles. The monoisotopic (exact) mass is 943 g/mol. The molecule has 2 aromatic heterocycles. The Morgan fingerprint density at radius 3 is 1.31 bits per heavy atom. The van der Waals surface area contributed by atoms with Crippen LogP contribution in [0.3, 0.4) is 0 Å². The molecular weight excluding hydrogens is 869 g/mol. The molecule has 0 radical (unpaired) electrons. The quantitative estimate of drug-likeness (QED) is 0.163. The largest absolute Gasteiger partial charge is 0.396 e. The van der Waals surface area contributed by atoms with Crippen LogP contribution in [0.1, 0.15) is 102 Å². The number of fused-ring (bicyclic) bond motifs is 6. The number of nitrogens with zero attached hydrogens (tertiary/aromatic N) is 6. The molecule has 0 unspecified atom stereocenters. The van der Waals surface area contributed by atoms with Crippen LogP contribution in [0.15, 0.2) is 46.0 Å². The lowest BCUT2D eigenvalue weighted by Crippen LogP contribution is -2.54. The van der Waals surface area contributed by atoms with E-state index in [2.05, 4.69) is 31.1 Å². The number of urea groups is 2. The van der Waals surface area contributed by atoms with Crippen molar-refractivity contribution in [3.8, 4) is 0 Å². The summed E-state index contributed by atoms with van der Waals surface area (Å²) in [5, 5.41) is 32.6. The molecule has 18 heteroatoms. The minimum atomic E-state index is -0.795. The van der Waals surface area contributed by atoms with Gasteiger partial charge in [-0.3, -0.25) is 19.2 Å². The first-order valence-electron chi connectivity index (χ1n) is 24.9. The van der Waals surface area contributed by atoms with E-state index < -0.39 is 36.0 Å². The van der Waals surface area contributed by atoms with E-state index in [0.717, 1.165) is 39.3 Å². The lowest BCUT2D eigenvalue weighted by atomic mass is 9.88. The molecule has 0 spiro atoms. The van der Waals surface area contributed by atoms with Crippen LogP contribution >= 0.6 is 0 Å². The van der Waals surface area contributed by atoms with Crippen molar-refractivity contribution in [1.82, 2.24) is 50.0 Å². The van der Waals surface area contributed by atoms with Gasteiger partial charge in [0.05, 0.1) is 12.1 Å². The Kier molecular flexibility index (Phi) is 16.7. The molecule has 6 aliphatic rings. The number of pyridine rings is 2. The molecule has 0 saturated carbocycles. The van der Waals surface area contributed by atoms with Gasteiger partial charge < -0.3 is 60.2 Å². The maximum Gasteiger partial charge on any atom is 0.318 e. The van der Waals surface area contributed by atoms with Crippen molar-refractivity contribution in [3.05, 3.63) is 79.6 Å². The lowest BCUT2D eigenvalue weighted by molar-refractivity contribution is -0.127. The van der Waals surface area contributed by atoms with Gasteiger partial charge in [-0.05, 0) is 118 Å². The van der Waals surface area contributed by atoms with Crippen LogP contribution in [-0.2, 0) is 22.7 Å². The van der Waals surface area contributed by atoms with Crippen LogP contribution in [0.2, 0.25) is 0 Å². The van der Waals surface area contributed by atoms with Gasteiger partial charge in [-0.2, -0.15) is 0 Å². The maximum atomic E-state index is 13.4. The molecule has 18 nitrogen and oxygen atoms in total. The summed E-state index contributed by atoms with van der Waals surface area (Å²) in [6.07, 6.45) is 11.9. The zero-order valence-corrected chi connectivity index (χ0v) is 40.7. The Labute approximate surface area is 399 Å². The third-order valence-corrected chi connectivity index (χ3v) is 14.6. The number of rotatable bonds is 14. The van der Waals surface area contributed by atoms with Crippen LogP contribution in [0.5, 0.6) is 0 Å². The molecule has 8 rings (SSSR count). The molecule has 0 bridgehead atoms. The standard InChI is InChI=1S/2C25H37N5O4/c2*1-4-7-17-8-9-20-21-18(14-29(20)24(17)33)19(15-31)22(30(21)25(34)27-16(2)3)23(32)26-10-13-28-11-5-6-12-28/h2*4,7-9,16,18-19,21-22,31H,5-6,10-15H2,1-3H3,(H,26,32)(H,27,34)/b7-4+;7-4-/t2*18-,19-,21+,22-/m00/s1. The minimum Gasteiger partial charge on any atom is -0.396 e. The number of hydrogen-bond donors (Lipinski definition) is 6. The fourth-order valence-electron chi connectivity index (χ4n) is 11.6. The normalized spacial score (nSPS) is 26.3. The first kappa shape index (κ1) is 50.6. The van der Waals surface area contributed by atoms with Crippen LogP contribution in [0.4, 0.5) is 9.59 Å². The molecule has 8 heterocycles. The third-order valence-electron chi connectivity index (χ3n) is 14.6. The Morgan fingerprint density at radius 2 is 0.985 bits per heavy atom. The highest BCUT2D eigenvalue weighted by molar-refractivity contribution is 5.89. The van der Waals surface area contributed by atoms with Gasteiger partial charge in [-0.25, -0.2) is 9.59 Å². The lowest BCUT2D eigenvalue weighted by Gasteiger charge is -2.32. The third kappa shape index (κ3) is 10.3. The second-order valence-corrected chi connectivity index (χ2v) is 19.8. The summed E-state index contributed by atoms with van der Waals surface area (Å²) in [6.45, 7) is 18.2. The Balaban J connectivity index is 0.000000201. The summed E-state index contributed by atoms with van der Waals surface area (Å²) < 4.78 is 3.40. The van der Waals surface area contributed by atoms with Gasteiger partial charge in [0, 0.05) is 111 Å². The summed E-state index contributed by atoms with van der Waals surface area (Å²) in [5.41, 5.74) is 2.37. The molecule has 6 aliphatic heterocycles. The number of carbonyl (C=O) groups excluding carboxylic acids is 4. The maximum absolute atomic E-state index is 13.4. The molecule has 372 valence electrons. The van der Waals surface area contributed by atoms with E-state index in [-0.39, 0.29) is 72.1 Å². The summed E-state index contributed by atoms with van der Waals surface area (Å²) in [5.74, 6) is -1.84. The molecule has 0 aliphatic carbocycles. The second kappa shape index (κ2) is 22.4. The average molecular weight is 943 g/mol. The highest BCUT2D eigenvalue weighted by Gasteiger charge is 2.59. The predicted octanol–water partition coefficient (Wildman–Crippen LogP) is 2.35. The SMILES string of the molecule is C/C=C/c1ccc2n(c1=O)C[C@H]1[C@H](CO)[C@@H](C(=O)NCCN3CCCC3)N(C(=O)NC(C)C)[C@@H]21.C/C=C\c1ccc2n(c1=O)C[C@H]1[C@H](CO)[C@@H](C(=O)NCCN3CCCC3)N(C(=O)NC(C)C)[C@@H]21. The number of aliphatic hydroxyl groups is 2. The Hall–Kier alpha value is -5.30. The highest BCUT2D eigenvalue weighted by Crippen LogP contribution is 2.50. The molecule has 6 N–H and O–H groups in total. The average Bonchev–Trinajstić information content (AvgIpc) is 4.16. The van der Waals surface area contributed by atoms with Gasteiger partial charge in [0.25, 0.3) is 11.1 Å². The number of likely N-dealkylation sites (tertiary alicyclic amines) is 4. The molecule has 2 aromatic rings. The first-order chi connectivity index (χ1) is 32.7. The fraction of sp³-hybridized carbons (Fsp3) is 0.640. The summed E-state index contributed by atoms with van der Waals surface area (Å²) in [6, 6.07) is 3.88. The second-order valence-electron chi connectivity index (χ2n) is 19.8. The Morgan fingerprint density at radius 1 is 0.618 bits per heavy atom. The fourth-order valence-corrected chi connectivity index (χ4v) is 11.6. The number of carbonyl (C=O) groups is 4. The zero-order valence-electron chi connectivity index (χ0n) is 40.7. The van der Waals surface area contributed by atoms with E-state index in [1.54, 1.807) is 43.2 Å². The first-order valence-corrected chi connectivity index (χ1v) is 24.9. The summed E-state index contributed by atoms with van der Waals surface area (Å²) in [7, 11) is 0. The predicted molar refractivity (Wildman–Crippen MR) is 260 cm³/mol. The molecule has 6 amide bonds. The zero-order chi connectivity index (χ0) is 48.8.